The third-order valence-electron chi connectivity index (χ3n) is 1.74. The summed E-state index contributed by atoms with van der Waals surface area (Å²) >= 11 is 3.85. The maximum Gasteiger partial charge on any atom is 0.326 e. The van der Waals surface area contributed by atoms with Crippen molar-refractivity contribution < 1.29 is 4.79 Å². The first-order valence-electron chi connectivity index (χ1n) is 4.58. The molecule has 1 aromatic heterocycles. The monoisotopic (exact) mass is 265 g/mol. The average Bonchev–Trinajstić information content (AvgIpc) is 2.69. The Bertz CT molecular complexity index is 293. The van der Waals surface area contributed by atoms with Gasteiger partial charge in [0, 0.05) is 38.6 Å². The van der Waals surface area contributed by atoms with Crippen molar-refractivity contribution in [2.75, 3.05) is 20.1 Å². The summed E-state index contributed by atoms with van der Waals surface area (Å²) in [4.78, 5) is 17.9. The van der Waals surface area contributed by atoms with Crippen LogP contribution in [0.2, 0.25) is 0 Å². The normalized spacial score (nSPS) is 9.38. The van der Waals surface area contributed by atoms with Crippen molar-refractivity contribution in [2.45, 2.75) is 6.54 Å². The van der Waals surface area contributed by atoms with E-state index in [0.717, 1.165) is 5.69 Å². The summed E-state index contributed by atoms with van der Waals surface area (Å²) in [7, 11) is 1.58. The lowest BCUT2D eigenvalue weighted by Crippen LogP contribution is -2.36. The van der Waals surface area contributed by atoms with Crippen molar-refractivity contribution in [1.29, 1.82) is 0 Å². The van der Waals surface area contributed by atoms with Gasteiger partial charge in [-0.1, -0.05) is 12.8 Å². The number of carbonyl (C=O) groups excluding carboxylic acids is 1. The first kappa shape index (κ1) is 15.1. The molecule has 6 nitrogen and oxygen atoms in total. The summed E-state index contributed by atoms with van der Waals surface area (Å²) in [6.07, 6.45) is 3.39. The Kier molecular flexibility index (Phi) is 7.78. The van der Waals surface area contributed by atoms with Crippen molar-refractivity contribution in [3.63, 3.8) is 0 Å². The molecule has 92 valence electrons. The van der Waals surface area contributed by atoms with E-state index in [4.69, 9.17) is 0 Å². The van der Waals surface area contributed by atoms with Gasteiger partial charge < -0.3 is 15.6 Å². The highest BCUT2D eigenvalue weighted by molar-refractivity contribution is 7.78. The molecular formula is C8H16ClN5OS. The fourth-order valence-electron chi connectivity index (χ4n) is 0.977. The Labute approximate surface area is 106 Å². The number of urea groups is 1. The zero-order valence-electron chi connectivity index (χ0n) is 8.93. The molecule has 0 atom stereocenters. The van der Waals surface area contributed by atoms with Gasteiger partial charge in [-0.05, 0) is 0 Å². The number of rotatable bonds is 5. The molecule has 0 aliphatic rings. The largest absolute Gasteiger partial charge is 0.347 e. The second-order valence-corrected chi connectivity index (χ2v) is 3.61. The molecule has 2 amide bonds. The minimum Gasteiger partial charge on any atom is -0.347 e. The van der Waals surface area contributed by atoms with Crippen LogP contribution in [-0.2, 0) is 6.54 Å². The number of hydrogen-bond acceptors (Lipinski definition) is 4. The number of aromatic nitrogens is 2. The Hall–Kier alpha value is -0.920. The molecule has 0 fully saturated rings. The van der Waals surface area contributed by atoms with Crippen LogP contribution in [0.3, 0.4) is 0 Å². The van der Waals surface area contributed by atoms with Gasteiger partial charge in [-0.3, -0.25) is 4.31 Å². The van der Waals surface area contributed by atoms with Crippen molar-refractivity contribution in [3.05, 3.63) is 18.2 Å². The van der Waals surface area contributed by atoms with Gasteiger partial charge in [0.15, 0.2) is 0 Å². The van der Waals surface area contributed by atoms with Crippen LogP contribution in [-0.4, -0.2) is 40.4 Å². The molecule has 3 N–H and O–H groups in total. The molecule has 0 aliphatic heterocycles. The second kappa shape index (κ2) is 8.26. The molecule has 0 aromatic carbocycles. The predicted octanol–water partition coefficient (Wildman–Crippen LogP) is 0.407. The van der Waals surface area contributed by atoms with Gasteiger partial charge in [0.2, 0.25) is 0 Å². The topological polar surface area (TPSA) is 73.1 Å². The minimum atomic E-state index is -0.207. The van der Waals surface area contributed by atoms with Crippen LogP contribution in [0.5, 0.6) is 0 Å². The SMILES string of the molecule is CN(S)C(=O)NCCNCc1cnc[nH]1.Cl. The number of hydrogen-bond donors (Lipinski definition) is 4. The Morgan fingerprint density at radius 1 is 1.62 bits per heavy atom. The van der Waals surface area contributed by atoms with Gasteiger partial charge in [0.05, 0.1) is 6.33 Å². The van der Waals surface area contributed by atoms with E-state index in [1.54, 1.807) is 19.6 Å². The molecular weight excluding hydrogens is 250 g/mol. The lowest BCUT2D eigenvalue weighted by atomic mass is 10.4. The summed E-state index contributed by atoms with van der Waals surface area (Å²) in [5.41, 5.74) is 1.02. The molecule has 0 saturated heterocycles. The maximum absolute atomic E-state index is 11.0. The molecule has 0 saturated carbocycles. The van der Waals surface area contributed by atoms with Crippen molar-refractivity contribution in [2.24, 2.45) is 0 Å². The third-order valence-corrected chi connectivity index (χ3v) is 1.92. The van der Waals surface area contributed by atoms with Gasteiger partial charge in [-0.2, -0.15) is 0 Å². The van der Waals surface area contributed by atoms with Crippen molar-refractivity contribution in [3.8, 4) is 0 Å². The quantitative estimate of drug-likeness (QED) is 0.460. The number of H-pyrrole nitrogens is 1. The Balaban J connectivity index is 0.00000225. The summed E-state index contributed by atoms with van der Waals surface area (Å²) in [5, 5.41) is 5.84. The van der Waals surface area contributed by atoms with Crippen molar-refractivity contribution in [1.82, 2.24) is 24.9 Å². The van der Waals surface area contributed by atoms with Crippen LogP contribution in [0.25, 0.3) is 0 Å². The number of aromatic amines is 1. The number of amides is 2. The first-order valence-corrected chi connectivity index (χ1v) is 4.98. The van der Waals surface area contributed by atoms with Gasteiger partial charge in [-0.25, -0.2) is 9.78 Å². The van der Waals surface area contributed by atoms with Gasteiger partial charge in [0.1, 0.15) is 0 Å². The van der Waals surface area contributed by atoms with Crippen LogP contribution < -0.4 is 10.6 Å². The predicted molar refractivity (Wildman–Crippen MR) is 67.7 cm³/mol. The van der Waals surface area contributed by atoms with Crippen molar-refractivity contribution >= 4 is 31.3 Å². The number of thiol groups is 1. The summed E-state index contributed by atoms with van der Waals surface area (Å²) < 4.78 is 1.20. The molecule has 0 spiro atoms. The standard InChI is InChI=1S/C8H15N5OS.ClH/c1-13(15)8(14)11-3-2-9-4-7-5-10-6-12-7;/h5-6,9,15H,2-4H2,1H3,(H,10,12)(H,11,14);1H. The van der Waals surface area contributed by atoms with Gasteiger partial charge >= 0.3 is 6.03 Å². The average molecular weight is 266 g/mol. The lowest BCUT2D eigenvalue weighted by Gasteiger charge is -2.10. The maximum atomic E-state index is 11.0. The molecule has 0 bridgehead atoms. The highest BCUT2D eigenvalue weighted by Crippen LogP contribution is 1.88. The van der Waals surface area contributed by atoms with E-state index >= 15 is 0 Å². The van der Waals surface area contributed by atoms with Crippen LogP contribution in [0, 0.1) is 0 Å². The van der Waals surface area contributed by atoms with Gasteiger partial charge in [0.25, 0.3) is 0 Å². The van der Waals surface area contributed by atoms with E-state index in [0.29, 0.717) is 19.6 Å². The molecule has 0 aliphatic carbocycles. The van der Waals surface area contributed by atoms with E-state index in [9.17, 15) is 4.79 Å². The highest BCUT2D eigenvalue weighted by atomic mass is 35.5. The second-order valence-electron chi connectivity index (χ2n) is 3.01. The fourth-order valence-corrected chi connectivity index (χ4v) is 1.05. The summed E-state index contributed by atoms with van der Waals surface area (Å²) in [6.45, 7) is 1.98. The number of nitrogens with zero attached hydrogens (tertiary/aromatic N) is 2. The molecule has 8 heteroatoms. The van der Waals surface area contributed by atoms with Crippen LogP contribution in [0.4, 0.5) is 4.79 Å². The zero-order valence-corrected chi connectivity index (χ0v) is 10.6. The Morgan fingerprint density at radius 2 is 2.38 bits per heavy atom. The van der Waals surface area contributed by atoms with E-state index in [1.807, 2.05) is 0 Å². The van der Waals surface area contributed by atoms with Crippen LogP contribution in [0.1, 0.15) is 5.69 Å². The third kappa shape index (κ3) is 5.84. The summed E-state index contributed by atoms with van der Waals surface area (Å²) in [5.74, 6) is 0. The van der Waals surface area contributed by atoms with E-state index in [-0.39, 0.29) is 18.4 Å². The van der Waals surface area contributed by atoms with Crippen LogP contribution in [0.15, 0.2) is 12.5 Å². The number of imidazole rings is 1. The fraction of sp³-hybridized carbons (Fsp3) is 0.500. The summed E-state index contributed by atoms with van der Waals surface area (Å²) in [6, 6.07) is -0.207. The Morgan fingerprint density at radius 3 is 2.94 bits per heavy atom. The van der Waals surface area contributed by atoms with Crippen LogP contribution >= 0.6 is 25.2 Å². The molecule has 16 heavy (non-hydrogen) atoms. The molecule has 1 rings (SSSR count). The molecule has 0 radical (unpaired) electrons. The number of nitrogens with one attached hydrogen (secondary N) is 3. The first-order chi connectivity index (χ1) is 7.20. The lowest BCUT2D eigenvalue weighted by molar-refractivity contribution is 0.231. The molecule has 0 unspecified atom stereocenters. The van der Waals surface area contributed by atoms with Gasteiger partial charge in [-0.15, -0.1) is 12.4 Å². The zero-order chi connectivity index (χ0) is 11.1. The number of halogens is 1. The molecule has 1 aromatic rings. The van der Waals surface area contributed by atoms with E-state index < -0.39 is 0 Å². The molecule has 1 heterocycles. The number of carbonyl (C=O) groups is 1. The highest BCUT2D eigenvalue weighted by Gasteiger charge is 2.01. The smallest absolute Gasteiger partial charge is 0.326 e. The minimum absolute atomic E-state index is 0. The van der Waals surface area contributed by atoms with E-state index in [1.165, 1.54) is 4.31 Å². The van der Waals surface area contributed by atoms with E-state index in [2.05, 4.69) is 33.4 Å².